The molecule has 3 heteroatoms. The molecule has 0 saturated carbocycles. The maximum atomic E-state index is 4.55. The Morgan fingerprint density at radius 2 is 2.05 bits per heavy atom. The van der Waals surface area contributed by atoms with Crippen molar-refractivity contribution in [2.24, 2.45) is 13.0 Å². The van der Waals surface area contributed by atoms with Gasteiger partial charge in [0, 0.05) is 13.2 Å². The van der Waals surface area contributed by atoms with E-state index < -0.39 is 0 Å². The second kappa shape index (κ2) is 6.71. The highest BCUT2D eigenvalue weighted by molar-refractivity contribution is 5.31. The fourth-order valence-electron chi connectivity index (χ4n) is 2.56. The van der Waals surface area contributed by atoms with Gasteiger partial charge in [-0.3, -0.25) is 4.68 Å². The Labute approximate surface area is 122 Å². The maximum Gasteiger partial charge on any atom is 0.0839 e. The molecular formula is C17H25N3. The van der Waals surface area contributed by atoms with E-state index >= 15 is 0 Å². The lowest BCUT2D eigenvalue weighted by Gasteiger charge is -2.17. The third-order valence-corrected chi connectivity index (χ3v) is 3.37. The number of rotatable bonds is 6. The average molecular weight is 271 g/mol. The summed E-state index contributed by atoms with van der Waals surface area (Å²) in [5.41, 5.74) is 3.77. The molecule has 0 aliphatic rings. The highest BCUT2D eigenvalue weighted by Crippen LogP contribution is 2.22. The maximum absolute atomic E-state index is 4.55. The van der Waals surface area contributed by atoms with Crippen molar-refractivity contribution in [3.63, 3.8) is 0 Å². The summed E-state index contributed by atoms with van der Waals surface area (Å²) in [5.74, 6) is 0.678. The summed E-state index contributed by atoms with van der Waals surface area (Å²) in [5, 5.41) is 8.08. The van der Waals surface area contributed by atoms with Crippen LogP contribution >= 0.6 is 0 Å². The number of aryl methyl sites for hydroxylation is 1. The van der Waals surface area contributed by atoms with Crippen LogP contribution in [0.1, 0.15) is 43.6 Å². The molecule has 2 rings (SSSR count). The first-order valence-corrected chi connectivity index (χ1v) is 7.42. The van der Waals surface area contributed by atoms with Crippen LogP contribution < -0.4 is 5.32 Å². The van der Waals surface area contributed by atoms with Crippen molar-refractivity contribution in [2.75, 3.05) is 6.54 Å². The minimum absolute atomic E-state index is 0.174. The van der Waals surface area contributed by atoms with E-state index in [1.807, 2.05) is 17.9 Å². The van der Waals surface area contributed by atoms with Gasteiger partial charge in [-0.05, 0) is 36.1 Å². The van der Waals surface area contributed by atoms with E-state index in [0.29, 0.717) is 5.92 Å². The van der Waals surface area contributed by atoms with Crippen LogP contribution in [0.5, 0.6) is 0 Å². The first-order valence-electron chi connectivity index (χ1n) is 7.42. The van der Waals surface area contributed by atoms with E-state index in [1.54, 1.807) is 0 Å². The van der Waals surface area contributed by atoms with Gasteiger partial charge >= 0.3 is 0 Å². The van der Waals surface area contributed by atoms with Gasteiger partial charge in [-0.15, -0.1) is 0 Å². The molecule has 1 atom stereocenters. The molecule has 3 nitrogen and oxygen atoms in total. The molecule has 1 N–H and O–H groups in total. The standard InChI is InChI=1S/C17H25N3/c1-5-18-17(16-9-10-20(4)19-16)15-8-6-7-14(12-15)11-13(2)3/h6-10,12-13,17-18H,5,11H2,1-4H3. The summed E-state index contributed by atoms with van der Waals surface area (Å²) in [6.07, 6.45) is 3.12. The predicted molar refractivity (Wildman–Crippen MR) is 83.7 cm³/mol. The molecule has 0 aliphatic heterocycles. The molecule has 0 bridgehead atoms. The van der Waals surface area contributed by atoms with Crippen LogP contribution in [0.3, 0.4) is 0 Å². The van der Waals surface area contributed by atoms with Gasteiger partial charge in [0.05, 0.1) is 11.7 Å². The highest BCUT2D eigenvalue weighted by Gasteiger charge is 2.15. The minimum Gasteiger partial charge on any atom is -0.305 e. The SMILES string of the molecule is CCNC(c1cccc(CC(C)C)c1)c1ccn(C)n1. The topological polar surface area (TPSA) is 29.9 Å². The molecule has 1 aromatic heterocycles. The van der Waals surface area contributed by atoms with E-state index in [0.717, 1.165) is 18.7 Å². The third-order valence-electron chi connectivity index (χ3n) is 3.37. The lowest BCUT2D eigenvalue weighted by molar-refractivity contribution is 0.597. The number of aromatic nitrogens is 2. The fraction of sp³-hybridized carbons (Fsp3) is 0.471. The quantitative estimate of drug-likeness (QED) is 0.873. The number of hydrogen-bond donors (Lipinski definition) is 1. The van der Waals surface area contributed by atoms with Gasteiger partial charge in [0.25, 0.3) is 0 Å². The Morgan fingerprint density at radius 3 is 2.65 bits per heavy atom. The Kier molecular flexibility index (Phi) is 4.96. The molecule has 0 aliphatic carbocycles. The highest BCUT2D eigenvalue weighted by atomic mass is 15.3. The molecule has 20 heavy (non-hydrogen) atoms. The molecule has 0 spiro atoms. The average Bonchev–Trinajstić information content (AvgIpc) is 2.82. The first-order chi connectivity index (χ1) is 9.60. The molecule has 108 valence electrons. The van der Waals surface area contributed by atoms with Crippen LogP contribution in [0, 0.1) is 5.92 Å². The van der Waals surface area contributed by atoms with Crippen molar-refractivity contribution in [3.8, 4) is 0 Å². The number of nitrogens with zero attached hydrogens (tertiary/aromatic N) is 2. The Hall–Kier alpha value is -1.61. The van der Waals surface area contributed by atoms with Crippen LogP contribution in [-0.2, 0) is 13.5 Å². The summed E-state index contributed by atoms with van der Waals surface area (Å²) in [4.78, 5) is 0. The van der Waals surface area contributed by atoms with Crippen molar-refractivity contribution in [1.82, 2.24) is 15.1 Å². The van der Waals surface area contributed by atoms with Gasteiger partial charge < -0.3 is 5.32 Å². The smallest absolute Gasteiger partial charge is 0.0839 e. The zero-order valence-electron chi connectivity index (χ0n) is 12.9. The van der Waals surface area contributed by atoms with E-state index in [1.165, 1.54) is 11.1 Å². The molecule has 2 aromatic rings. The second-order valence-electron chi connectivity index (χ2n) is 5.75. The summed E-state index contributed by atoms with van der Waals surface area (Å²) < 4.78 is 1.86. The summed E-state index contributed by atoms with van der Waals surface area (Å²) in [6.45, 7) is 7.57. The fourth-order valence-corrected chi connectivity index (χ4v) is 2.56. The van der Waals surface area contributed by atoms with Crippen LogP contribution in [0.2, 0.25) is 0 Å². The van der Waals surface area contributed by atoms with E-state index in [9.17, 15) is 0 Å². The minimum atomic E-state index is 0.174. The van der Waals surface area contributed by atoms with Crippen LogP contribution in [0.15, 0.2) is 36.5 Å². The van der Waals surface area contributed by atoms with Crippen molar-refractivity contribution in [3.05, 3.63) is 53.3 Å². The first kappa shape index (κ1) is 14.8. The number of benzene rings is 1. The Bertz CT molecular complexity index is 543. The zero-order valence-corrected chi connectivity index (χ0v) is 12.9. The molecule has 0 amide bonds. The molecular weight excluding hydrogens is 246 g/mol. The van der Waals surface area contributed by atoms with Gasteiger partial charge in [-0.25, -0.2) is 0 Å². The molecule has 1 heterocycles. The molecule has 1 unspecified atom stereocenters. The Balaban J connectivity index is 2.29. The van der Waals surface area contributed by atoms with Gasteiger partial charge in [-0.1, -0.05) is 45.0 Å². The summed E-state index contributed by atoms with van der Waals surface area (Å²) in [6, 6.07) is 11.1. The Morgan fingerprint density at radius 1 is 1.25 bits per heavy atom. The van der Waals surface area contributed by atoms with Crippen LogP contribution in [0.4, 0.5) is 0 Å². The number of nitrogens with one attached hydrogen (secondary N) is 1. The van der Waals surface area contributed by atoms with Gasteiger partial charge in [0.2, 0.25) is 0 Å². The predicted octanol–water partition coefficient (Wildman–Crippen LogP) is 3.32. The van der Waals surface area contributed by atoms with Gasteiger partial charge in [-0.2, -0.15) is 5.10 Å². The van der Waals surface area contributed by atoms with Crippen LogP contribution in [-0.4, -0.2) is 16.3 Å². The third kappa shape index (κ3) is 3.70. The molecule has 1 aromatic carbocycles. The summed E-state index contributed by atoms with van der Waals surface area (Å²) >= 11 is 0. The zero-order chi connectivity index (χ0) is 14.5. The lowest BCUT2D eigenvalue weighted by Crippen LogP contribution is -2.22. The van der Waals surface area contributed by atoms with E-state index in [4.69, 9.17) is 0 Å². The van der Waals surface area contributed by atoms with Crippen LogP contribution in [0.25, 0.3) is 0 Å². The van der Waals surface area contributed by atoms with Crippen molar-refractivity contribution in [2.45, 2.75) is 33.2 Å². The summed E-state index contributed by atoms with van der Waals surface area (Å²) in [7, 11) is 1.96. The monoisotopic (exact) mass is 271 g/mol. The normalized spacial score (nSPS) is 12.8. The van der Waals surface area contributed by atoms with Crippen molar-refractivity contribution < 1.29 is 0 Å². The molecule has 0 saturated heterocycles. The van der Waals surface area contributed by atoms with Crippen molar-refractivity contribution in [1.29, 1.82) is 0 Å². The largest absolute Gasteiger partial charge is 0.305 e. The number of hydrogen-bond acceptors (Lipinski definition) is 2. The molecule has 0 fully saturated rings. The van der Waals surface area contributed by atoms with Crippen molar-refractivity contribution >= 4 is 0 Å². The van der Waals surface area contributed by atoms with Gasteiger partial charge in [0.1, 0.15) is 0 Å². The van der Waals surface area contributed by atoms with E-state index in [-0.39, 0.29) is 6.04 Å². The second-order valence-corrected chi connectivity index (χ2v) is 5.75. The lowest BCUT2D eigenvalue weighted by atomic mass is 9.97. The molecule has 0 radical (unpaired) electrons. The van der Waals surface area contributed by atoms with E-state index in [2.05, 4.69) is 61.5 Å². The van der Waals surface area contributed by atoms with Gasteiger partial charge in [0.15, 0.2) is 0 Å².